The van der Waals surface area contributed by atoms with Crippen molar-refractivity contribution in [2.45, 2.75) is 0 Å². The number of amidine groups is 1. The Hall–Kier alpha value is -2.38. The second-order valence-corrected chi connectivity index (χ2v) is 2.58. The van der Waals surface area contributed by atoms with Crippen molar-refractivity contribution in [1.82, 2.24) is 0 Å². The molecule has 1 aromatic carbocycles. The molecule has 16 heavy (non-hydrogen) atoms. The molecule has 0 bridgehead atoms. The van der Waals surface area contributed by atoms with Crippen molar-refractivity contribution in [2.24, 2.45) is 21.2 Å². The summed E-state index contributed by atoms with van der Waals surface area (Å²) in [5, 5.41) is 17.5. The van der Waals surface area contributed by atoms with Gasteiger partial charge in [-0.3, -0.25) is 0 Å². The number of carboxylic acid groups (broad SMARTS) is 1. The first-order valence-electron chi connectivity index (χ1n) is 3.93. The molecule has 1 rings (SSSR count). The van der Waals surface area contributed by atoms with Crippen LogP contribution in [0.1, 0.15) is 0 Å². The maximum Gasteiger partial charge on any atom is 0.373 e. The molecule has 0 aliphatic rings. The quantitative estimate of drug-likeness (QED) is 0.346. The molecule has 0 amide bonds. The normalized spacial score (nSPS) is 12.0. The van der Waals surface area contributed by atoms with E-state index in [1.807, 2.05) is 0 Å². The molecule has 0 radical (unpaired) electrons. The number of hydrogen-bond acceptors (Lipinski definition) is 3. The topological polar surface area (TPSA) is 100 Å². The average Bonchev–Trinajstić information content (AvgIpc) is 2.20. The van der Waals surface area contributed by atoms with Crippen LogP contribution in [-0.4, -0.2) is 16.9 Å². The zero-order valence-electron chi connectivity index (χ0n) is 7.76. The van der Waals surface area contributed by atoms with Gasteiger partial charge in [0.15, 0.2) is 5.82 Å². The van der Waals surface area contributed by atoms with Crippen LogP contribution in [0.4, 0.5) is 14.5 Å². The van der Waals surface area contributed by atoms with E-state index < -0.39 is 23.4 Å². The fourth-order valence-corrected chi connectivity index (χ4v) is 0.724. The Morgan fingerprint density at radius 3 is 2.62 bits per heavy atom. The van der Waals surface area contributed by atoms with Crippen molar-refractivity contribution < 1.29 is 18.7 Å². The first-order chi connectivity index (χ1) is 7.50. The number of aliphatic carboxylic acids is 1. The van der Waals surface area contributed by atoms with Crippen LogP contribution in [0.3, 0.4) is 0 Å². The van der Waals surface area contributed by atoms with Crippen LogP contribution in [0.5, 0.6) is 0 Å². The second-order valence-electron chi connectivity index (χ2n) is 2.58. The molecular formula is C8H6F2N4O2. The third-order valence-electron chi connectivity index (χ3n) is 1.43. The van der Waals surface area contributed by atoms with Gasteiger partial charge in [0.1, 0.15) is 11.5 Å². The van der Waals surface area contributed by atoms with Crippen molar-refractivity contribution in [1.29, 1.82) is 0 Å². The molecule has 0 atom stereocenters. The maximum absolute atomic E-state index is 12.9. The average molecular weight is 228 g/mol. The largest absolute Gasteiger partial charge is 0.475 e. The Morgan fingerprint density at radius 2 is 2.06 bits per heavy atom. The monoisotopic (exact) mass is 228 g/mol. The van der Waals surface area contributed by atoms with Crippen molar-refractivity contribution in [3.05, 3.63) is 29.8 Å². The van der Waals surface area contributed by atoms with E-state index in [9.17, 15) is 13.6 Å². The van der Waals surface area contributed by atoms with Crippen LogP contribution in [0, 0.1) is 11.6 Å². The fourth-order valence-electron chi connectivity index (χ4n) is 0.724. The minimum atomic E-state index is -1.47. The lowest BCUT2D eigenvalue weighted by Gasteiger charge is -1.93. The standard InChI is InChI=1S/C8H6F2N4O2/c9-4-1-2-6(5(10)3-4)12-14-13-7(11)8(15)16/h1-3H,(H,15,16)(H2,11,12,13). The van der Waals surface area contributed by atoms with E-state index >= 15 is 0 Å². The zero-order valence-corrected chi connectivity index (χ0v) is 7.76. The molecule has 1 aromatic rings. The Bertz CT molecular complexity index is 473. The highest BCUT2D eigenvalue weighted by Crippen LogP contribution is 2.18. The smallest absolute Gasteiger partial charge is 0.373 e. The summed E-state index contributed by atoms with van der Waals surface area (Å²) in [6.07, 6.45) is 0. The molecule has 0 aliphatic carbocycles. The highest BCUT2D eigenvalue weighted by molar-refractivity contribution is 6.33. The van der Waals surface area contributed by atoms with E-state index in [4.69, 9.17) is 10.8 Å². The molecule has 8 heteroatoms. The summed E-state index contributed by atoms with van der Waals surface area (Å²) in [5.41, 5.74) is 4.61. The van der Waals surface area contributed by atoms with Gasteiger partial charge in [0.2, 0.25) is 5.84 Å². The van der Waals surface area contributed by atoms with Crippen molar-refractivity contribution >= 4 is 17.5 Å². The summed E-state index contributed by atoms with van der Waals surface area (Å²) < 4.78 is 25.4. The summed E-state index contributed by atoms with van der Waals surface area (Å²) in [6, 6.07) is 2.61. The van der Waals surface area contributed by atoms with Gasteiger partial charge in [-0.05, 0) is 17.4 Å². The van der Waals surface area contributed by atoms with Crippen molar-refractivity contribution in [3.8, 4) is 0 Å². The molecule has 0 aliphatic heterocycles. The first-order valence-corrected chi connectivity index (χ1v) is 3.93. The summed E-state index contributed by atoms with van der Waals surface area (Å²) in [5.74, 6) is -3.96. The first kappa shape index (κ1) is 11.7. The Morgan fingerprint density at radius 1 is 1.38 bits per heavy atom. The Balaban J connectivity index is 2.85. The van der Waals surface area contributed by atoms with Crippen LogP contribution >= 0.6 is 0 Å². The number of halogens is 2. The summed E-state index contributed by atoms with van der Waals surface area (Å²) in [6.45, 7) is 0. The molecule has 6 nitrogen and oxygen atoms in total. The van der Waals surface area contributed by atoms with Gasteiger partial charge < -0.3 is 10.8 Å². The molecule has 0 saturated heterocycles. The van der Waals surface area contributed by atoms with Gasteiger partial charge >= 0.3 is 5.97 Å². The number of benzene rings is 1. The lowest BCUT2D eigenvalue weighted by molar-refractivity contribution is -0.129. The van der Waals surface area contributed by atoms with Crippen LogP contribution in [0.25, 0.3) is 0 Å². The second kappa shape index (κ2) is 4.91. The number of nitrogens with two attached hydrogens (primary N) is 1. The van der Waals surface area contributed by atoms with E-state index in [1.165, 1.54) is 0 Å². The lowest BCUT2D eigenvalue weighted by atomic mass is 10.3. The highest BCUT2D eigenvalue weighted by atomic mass is 19.1. The van der Waals surface area contributed by atoms with Crippen LogP contribution in [-0.2, 0) is 4.79 Å². The minimum Gasteiger partial charge on any atom is -0.475 e. The predicted molar refractivity (Wildman–Crippen MR) is 50.1 cm³/mol. The number of carboxylic acids is 1. The molecule has 0 fully saturated rings. The van der Waals surface area contributed by atoms with Gasteiger partial charge in [-0.1, -0.05) is 0 Å². The van der Waals surface area contributed by atoms with Crippen LogP contribution in [0.15, 0.2) is 33.6 Å². The Kier molecular flexibility index (Phi) is 3.59. The van der Waals surface area contributed by atoms with Crippen molar-refractivity contribution in [3.63, 3.8) is 0 Å². The predicted octanol–water partition coefficient (Wildman–Crippen LogP) is 1.41. The fraction of sp³-hybridized carbons (Fsp3) is 0. The number of carbonyl (C=O) groups is 1. The third kappa shape index (κ3) is 3.08. The molecule has 3 N–H and O–H groups in total. The third-order valence-corrected chi connectivity index (χ3v) is 1.43. The molecule has 0 saturated carbocycles. The van der Waals surface area contributed by atoms with Gasteiger partial charge in [-0.2, -0.15) is 0 Å². The van der Waals surface area contributed by atoms with E-state index in [0.29, 0.717) is 6.07 Å². The Labute approximate surface area is 88.1 Å². The van der Waals surface area contributed by atoms with Gasteiger partial charge in [-0.15, -0.1) is 10.2 Å². The maximum atomic E-state index is 12.9. The SMILES string of the molecule is N/C(=N\N=Nc1ccc(F)cc1F)C(=O)O. The van der Waals surface area contributed by atoms with E-state index in [2.05, 4.69) is 15.4 Å². The number of hydrogen-bond donors (Lipinski definition) is 2. The van der Waals surface area contributed by atoms with Gasteiger partial charge in [0.05, 0.1) is 0 Å². The van der Waals surface area contributed by atoms with Crippen molar-refractivity contribution in [2.75, 3.05) is 0 Å². The van der Waals surface area contributed by atoms with E-state index in [1.54, 1.807) is 0 Å². The van der Waals surface area contributed by atoms with Crippen LogP contribution < -0.4 is 5.73 Å². The minimum absolute atomic E-state index is 0.275. The highest BCUT2D eigenvalue weighted by Gasteiger charge is 2.03. The molecule has 84 valence electrons. The molecular weight excluding hydrogens is 222 g/mol. The van der Waals surface area contributed by atoms with Crippen LogP contribution in [0.2, 0.25) is 0 Å². The number of nitrogens with zero attached hydrogens (tertiary/aromatic N) is 3. The van der Waals surface area contributed by atoms with E-state index in [-0.39, 0.29) is 5.69 Å². The summed E-state index contributed by atoms with van der Waals surface area (Å²) in [4.78, 5) is 10.2. The van der Waals surface area contributed by atoms with Gasteiger partial charge in [0.25, 0.3) is 0 Å². The summed E-state index contributed by atoms with van der Waals surface area (Å²) >= 11 is 0. The van der Waals surface area contributed by atoms with E-state index in [0.717, 1.165) is 12.1 Å². The lowest BCUT2D eigenvalue weighted by Crippen LogP contribution is -2.22. The van der Waals surface area contributed by atoms with Gasteiger partial charge in [0, 0.05) is 6.07 Å². The molecule has 0 heterocycles. The molecule has 0 unspecified atom stereocenters. The zero-order chi connectivity index (χ0) is 12.1. The van der Waals surface area contributed by atoms with Gasteiger partial charge in [-0.25, -0.2) is 13.6 Å². The number of rotatable bonds is 2. The molecule has 0 aromatic heterocycles. The molecule has 0 spiro atoms. The summed E-state index contributed by atoms with van der Waals surface area (Å²) in [7, 11) is 0.